The summed E-state index contributed by atoms with van der Waals surface area (Å²) >= 11 is 2.89. The van der Waals surface area contributed by atoms with Crippen molar-refractivity contribution in [1.82, 2.24) is 0 Å². The molecular formula is C12H14N2Na2O6S2. The SMILES string of the molecule is C=Cc1ccccc1.CCOC(=O)C=[N+]=[N-].O=S(=O)=S(=O)=O.[Na][Na]. The van der Waals surface area contributed by atoms with Crippen LogP contribution in [0.2, 0.25) is 0 Å². The zero-order chi connectivity index (χ0) is 19.4. The number of hydrogen-bond donors (Lipinski definition) is 0. The van der Waals surface area contributed by atoms with Gasteiger partial charge in [0.15, 0.2) is 0 Å². The zero-order valence-corrected chi connectivity index (χ0v) is 19.2. The van der Waals surface area contributed by atoms with Crippen LogP contribution in [0.3, 0.4) is 0 Å². The van der Waals surface area contributed by atoms with Crippen LogP contribution in [0.5, 0.6) is 0 Å². The van der Waals surface area contributed by atoms with E-state index in [0.29, 0.717) is 12.8 Å². The number of esters is 1. The van der Waals surface area contributed by atoms with Gasteiger partial charge < -0.3 is 10.3 Å². The third-order valence-corrected chi connectivity index (χ3v) is 2.49. The standard InChI is InChI=1S/C8H8.C4H6N2O2.2Na.O4S2/c1-2-8-6-4-3-5-7-8;1-2-8-4(7)3-6-5;;;1-5(2)6(3)4/h2-7H,1H2;3H,2H2,1H3;;;. The maximum atomic E-state index is 10.1. The van der Waals surface area contributed by atoms with E-state index < -0.39 is 24.5 Å². The molecule has 24 heavy (non-hydrogen) atoms. The molecule has 0 aliphatic heterocycles. The quantitative estimate of drug-likeness (QED) is 0.235. The Kier molecular flexibility index (Phi) is 26.4. The number of rotatable bonds is 3. The molecule has 1 aromatic rings. The predicted octanol–water partition coefficient (Wildman–Crippen LogP) is 0.0777. The first-order chi connectivity index (χ1) is 11.4. The third kappa shape index (κ3) is 23.7. The summed E-state index contributed by atoms with van der Waals surface area (Å²) in [5.41, 5.74) is 8.91. The Morgan fingerprint density at radius 1 is 1.21 bits per heavy atom. The maximum absolute atomic E-state index is 10.1. The van der Waals surface area contributed by atoms with Crippen LogP contribution < -0.4 is 0 Å². The molecule has 0 heterocycles. The van der Waals surface area contributed by atoms with Gasteiger partial charge in [-0.15, -0.1) is 0 Å². The molecule has 8 nitrogen and oxygen atoms in total. The molecule has 0 N–H and O–H groups in total. The monoisotopic (exact) mass is 392 g/mol. The number of carbonyl (C=O) groups is 1. The summed E-state index contributed by atoms with van der Waals surface area (Å²) in [7, 11) is -5.90. The van der Waals surface area contributed by atoms with Crippen LogP contribution in [-0.4, -0.2) is 84.0 Å². The molecule has 0 spiro atoms. The van der Waals surface area contributed by atoms with Gasteiger partial charge in [-0.25, -0.2) is 4.79 Å². The van der Waals surface area contributed by atoms with Crippen molar-refractivity contribution in [2.45, 2.75) is 6.92 Å². The molecule has 0 bridgehead atoms. The summed E-state index contributed by atoms with van der Waals surface area (Å²) < 4.78 is 40.7. The van der Waals surface area contributed by atoms with E-state index in [1.807, 2.05) is 36.4 Å². The van der Waals surface area contributed by atoms with Crippen molar-refractivity contribution in [3.05, 3.63) is 48.0 Å². The second-order valence-electron chi connectivity index (χ2n) is 3.02. The zero-order valence-electron chi connectivity index (χ0n) is 13.6. The van der Waals surface area contributed by atoms with E-state index in [0.717, 1.165) is 0 Å². The average Bonchev–Trinajstić information content (AvgIpc) is 2.59. The van der Waals surface area contributed by atoms with Gasteiger partial charge in [-0.2, -0.15) is 21.6 Å². The van der Waals surface area contributed by atoms with Crippen molar-refractivity contribution in [3.8, 4) is 0 Å². The van der Waals surface area contributed by atoms with E-state index in [2.05, 4.69) is 16.1 Å². The number of ether oxygens (including phenoxy) is 1. The Labute approximate surface area is 171 Å². The fourth-order valence-corrected chi connectivity index (χ4v) is 0.816. The Morgan fingerprint density at radius 2 is 1.67 bits per heavy atom. The molecule has 0 unspecified atom stereocenters. The Hall–Kier alpha value is -0.550. The van der Waals surface area contributed by atoms with Gasteiger partial charge in [-0.05, 0) is 12.5 Å². The molecule has 0 aromatic heterocycles. The van der Waals surface area contributed by atoms with E-state index in [1.165, 1.54) is 49.2 Å². The summed E-state index contributed by atoms with van der Waals surface area (Å²) in [4.78, 5) is 12.6. The normalized spacial score (nSPS) is 7.38. The first-order valence-corrected chi connectivity index (χ1v) is 17.3. The van der Waals surface area contributed by atoms with Crippen LogP contribution >= 0.6 is 0 Å². The number of benzene rings is 1. The molecule has 0 radical (unpaired) electrons. The van der Waals surface area contributed by atoms with Crippen molar-refractivity contribution in [2.75, 3.05) is 6.61 Å². The van der Waals surface area contributed by atoms with Crippen molar-refractivity contribution >= 4 is 80.4 Å². The van der Waals surface area contributed by atoms with Crippen LogP contribution in [0, 0.1) is 0 Å². The first kappa shape index (κ1) is 28.3. The van der Waals surface area contributed by atoms with Crippen LogP contribution in [0.1, 0.15) is 12.5 Å². The molecule has 0 fully saturated rings. The molecule has 0 aliphatic rings. The van der Waals surface area contributed by atoms with E-state index in [1.54, 1.807) is 6.92 Å². The average molecular weight is 392 g/mol. The fraction of sp³-hybridized carbons (Fsp3) is 0.167. The van der Waals surface area contributed by atoms with Crippen LogP contribution in [0.4, 0.5) is 0 Å². The molecule has 0 saturated carbocycles. The Bertz CT molecular complexity index is 714. The summed E-state index contributed by atoms with van der Waals surface area (Å²) in [5, 5.41) is 0. The van der Waals surface area contributed by atoms with Gasteiger partial charge in [0, 0.05) is 0 Å². The second-order valence-corrected chi connectivity index (χ2v) is 5.47. The summed E-state index contributed by atoms with van der Waals surface area (Å²) in [6, 6.07) is 10.0. The topological polar surface area (TPSA) is 131 Å². The van der Waals surface area contributed by atoms with E-state index in [9.17, 15) is 4.79 Å². The molecular weight excluding hydrogens is 378 g/mol. The van der Waals surface area contributed by atoms with Crippen LogP contribution in [0.25, 0.3) is 11.6 Å². The van der Waals surface area contributed by atoms with Crippen LogP contribution in [0.15, 0.2) is 36.9 Å². The number of nitrogens with zero attached hydrogens (tertiary/aromatic N) is 2. The first-order valence-electron chi connectivity index (χ1n) is 6.59. The molecule has 0 saturated heterocycles. The van der Waals surface area contributed by atoms with Gasteiger partial charge in [-0.3, -0.25) is 0 Å². The summed E-state index contributed by atoms with van der Waals surface area (Å²) in [6.07, 6.45) is 2.53. The van der Waals surface area contributed by atoms with Crippen molar-refractivity contribution < 1.29 is 31.2 Å². The molecule has 1 aromatic carbocycles. The third-order valence-electron chi connectivity index (χ3n) is 1.60. The minimum atomic E-state index is -2.95. The molecule has 0 aliphatic carbocycles. The molecule has 0 atom stereocenters. The number of carbonyl (C=O) groups excluding carboxylic acids is 1. The van der Waals surface area contributed by atoms with Gasteiger partial charge in [0.2, 0.25) is 0 Å². The molecule has 1 rings (SSSR count). The van der Waals surface area contributed by atoms with Gasteiger partial charge in [0.25, 0.3) is 0 Å². The van der Waals surface area contributed by atoms with Crippen molar-refractivity contribution in [2.24, 2.45) is 0 Å². The summed E-state index contributed by atoms with van der Waals surface area (Å²) in [5.74, 6) is -0.630. The Morgan fingerprint density at radius 3 is 1.92 bits per heavy atom. The van der Waals surface area contributed by atoms with Crippen molar-refractivity contribution in [1.29, 1.82) is 0 Å². The van der Waals surface area contributed by atoms with E-state index in [-0.39, 0.29) is 0 Å². The van der Waals surface area contributed by atoms with Gasteiger partial charge >= 0.3 is 74.3 Å². The Balaban J connectivity index is -0.000000265. The van der Waals surface area contributed by atoms with Crippen molar-refractivity contribution in [3.63, 3.8) is 0 Å². The second kappa shape index (κ2) is 22.4. The molecule has 12 heteroatoms. The van der Waals surface area contributed by atoms with Gasteiger partial charge in [0.1, 0.15) is 0 Å². The fourth-order valence-electron chi connectivity index (χ4n) is 0.816. The van der Waals surface area contributed by atoms with Gasteiger partial charge in [0.05, 0.1) is 6.61 Å². The number of hydrogen-bond acceptors (Lipinski definition) is 6. The molecule has 0 amide bonds. The predicted molar refractivity (Wildman–Crippen MR) is 92.2 cm³/mol. The molecule has 122 valence electrons. The minimum absolute atomic E-state index is 0.296. The van der Waals surface area contributed by atoms with Crippen LogP contribution in [-0.2, 0) is 28.1 Å². The summed E-state index contributed by atoms with van der Waals surface area (Å²) in [6.45, 7) is 5.60. The van der Waals surface area contributed by atoms with E-state index in [4.69, 9.17) is 22.4 Å². The van der Waals surface area contributed by atoms with E-state index >= 15 is 0 Å². The van der Waals surface area contributed by atoms with Gasteiger partial charge in [-0.1, -0.05) is 43.0 Å².